The monoisotopic (exact) mass is 393 g/mol. The first-order valence-corrected chi connectivity index (χ1v) is 7.89. The summed E-state index contributed by atoms with van der Waals surface area (Å²) < 4.78 is 48.7. The number of carbonyl (C=O) groups excluding carboxylic acids is 2. The van der Waals surface area contributed by atoms with Gasteiger partial charge in [0.15, 0.2) is 0 Å². The lowest BCUT2D eigenvalue weighted by atomic mass is 10.1. The van der Waals surface area contributed by atoms with Gasteiger partial charge in [-0.05, 0) is 24.3 Å². The Hall–Kier alpha value is -3.56. The highest BCUT2D eigenvalue weighted by atomic mass is 19.4. The molecule has 0 fully saturated rings. The number of anilines is 1. The molecule has 10 heteroatoms. The van der Waals surface area contributed by atoms with Crippen LogP contribution in [0.1, 0.15) is 5.82 Å². The topological polar surface area (TPSA) is 84.5 Å². The maximum atomic E-state index is 13.1. The summed E-state index contributed by atoms with van der Waals surface area (Å²) in [6.07, 6.45) is 1.08. The number of hydrogen-bond donors (Lipinski definition) is 1. The van der Waals surface area contributed by atoms with Crippen molar-refractivity contribution in [2.45, 2.75) is 6.18 Å². The predicted molar refractivity (Wildman–Crippen MR) is 92.9 cm³/mol. The molecule has 2 aromatic rings. The molecule has 0 bridgehead atoms. The summed E-state index contributed by atoms with van der Waals surface area (Å²) in [6, 6.07) is 4.38. The molecule has 146 valence electrons. The molecule has 1 aliphatic heterocycles. The van der Waals surface area contributed by atoms with E-state index in [1.165, 1.54) is 47.5 Å². The van der Waals surface area contributed by atoms with Crippen LogP contribution >= 0.6 is 0 Å². The second-order valence-electron chi connectivity index (χ2n) is 5.57. The molecule has 0 amide bonds. The number of ether oxygens (including phenoxy) is 2. The van der Waals surface area contributed by atoms with Crippen LogP contribution in [-0.2, 0) is 25.2 Å². The minimum Gasteiger partial charge on any atom is -0.465 e. The van der Waals surface area contributed by atoms with Crippen LogP contribution in [0.5, 0.6) is 0 Å². The van der Waals surface area contributed by atoms with E-state index in [0.29, 0.717) is 0 Å². The summed E-state index contributed by atoms with van der Waals surface area (Å²) >= 11 is 0. The van der Waals surface area contributed by atoms with E-state index in [4.69, 9.17) is 9.47 Å². The highest BCUT2D eigenvalue weighted by Crippen LogP contribution is 2.34. The van der Waals surface area contributed by atoms with Crippen LogP contribution in [0.4, 0.5) is 18.9 Å². The van der Waals surface area contributed by atoms with E-state index in [1.54, 1.807) is 0 Å². The number of imidazole rings is 1. The zero-order chi connectivity index (χ0) is 20.5. The predicted octanol–water partition coefficient (Wildman–Crippen LogP) is 3.07. The number of alkyl halides is 3. The fourth-order valence-corrected chi connectivity index (χ4v) is 2.70. The van der Waals surface area contributed by atoms with E-state index in [0.717, 1.165) is 14.2 Å². The highest BCUT2D eigenvalue weighted by molar-refractivity contribution is 6.07. The minimum atomic E-state index is -4.68. The first-order valence-electron chi connectivity index (χ1n) is 7.89. The second-order valence-corrected chi connectivity index (χ2v) is 5.57. The molecule has 2 heterocycles. The van der Waals surface area contributed by atoms with Crippen molar-refractivity contribution in [3.05, 3.63) is 59.7 Å². The third-order valence-electron chi connectivity index (χ3n) is 3.91. The molecule has 0 unspecified atom stereocenters. The van der Waals surface area contributed by atoms with E-state index in [1.807, 2.05) is 0 Å². The first-order chi connectivity index (χ1) is 13.3. The van der Waals surface area contributed by atoms with Gasteiger partial charge in [-0.25, -0.2) is 14.6 Å². The summed E-state index contributed by atoms with van der Waals surface area (Å²) in [7, 11) is 2.27. The number of halogens is 3. The molecule has 0 radical (unpaired) electrons. The van der Waals surface area contributed by atoms with Crippen molar-refractivity contribution >= 4 is 28.7 Å². The maximum absolute atomic E-state index is 13.1. The number of nitrogens with zero attached hydrogens (tertiary/aromatic N) is 2. The van der Waals surface area contributed by atoms with Crippen molar-refractivity contribution in [3.8, 4) is 0 Å². The first kappa shape index (κ1) is 19.2. The minimum absolute atomic E-state index is 0.0352. The van der Waals surface area contributed by atoms with Gasteiger partial charge in [0.25, 0.3) is 0 Å². The number of methoxy groups -OCH3 is 2. The van der Waals surface area contributed by atoms with Crippen LogP contribution in [0.3, 0.4) is 0 Å². The lowest BCUT2D eigenvalue weighted by Crippen LogP contribution is -2.27. The van der Waals surface area contributed by atoms with Gasteiger partial charge < -0.3 is 19.4 Å². The standard InChI is InChI=1S/C18H14F3N3O4/c1-27-15(25)10-6-3-4-9-24(14(10)16(26)28-2)12-8-5-7-11-13(12)23-17(22-11)18(19,20)21/h3-9H,1-2H3,(H,22,23). The Labute approximate surface area is 156 Å². The molecular formula is C18H14F3N3O4. The van der Waals surface area contributed by atoms with Gasteiger partial charge in [0.2, 0.25) is 5.82 Å². The molecule has 0 saturated heterocycles. The molecule has 1 aromatic heterocycles. The maximum Gasteiger partial charge on any atom is 0.449 e. The van der Waals surface area contributed by atoms with E-state index >= 15 is 0 Å². The number of allylic oxidation sites excluding steroid dienone is 2. The van der Waals surface area contributed by atoms with Gasteiger partial charge in [-0.3, -0.25) is 0 Å². The number of esters is 2. The number of carbonyl (C=O) groups is 2. The number of aromatic amines is 1. The van der Waals surface area contributed by atoms with E-state index in [2.05, 4.69) is 9.97 Å². The molecule has 0 aliphatic carbocycles. The Kier molecular flexibility index (Phi) is 4.95. The van der Waals surface area contributed by atoms with Gasteiger partial charge in [0.05, 0.1) is 31.0 Å². The van der Waals surface area contributed by atoms with Crippen LogP contribution in [0.15, 0.2) is 53.9 Å². The SMILES string of the molecule is COC(=O)C1=C(C(=O)OC)N(c2cccc3[nH]c(C(F)(F)F)nc23)C=CC=C1. The highest BCUT2D eigenvalue weighted by Gasteiger charge is 2.36. The van der Waals surface area contributed by atoms with Gasteiger partial charge in [-0.15, -0.1) is 0 Å². The average molecular weight is 393 g/mol. The van der Waals surface area contributed by atoms with Crippen molar-refractivity contribution in [2.24, 2.45) is 0 Å². The van der Waals surface area contributed by atoms with Crippen LogP contribution in [0.2, 0.25) is 0 Å². The molecule has 1 N–H and O–H groups in total. The molecule has 0 spiro atoms. The summed E-state index contributed by atoms with van der Waals surface area (Å²) in [5, 5.41) is 0. The molecule has 0 saturated carbocycles. The van der Waals surface area contributed by atoms with Gasteiger partial charge in [-0.1, -0.05) is 12.1 Å². The number of H-pyrrole nitrogens is 1. The van der Waals surface area contributed by atoms with Gasteiger partial charge in [-0.2, -0.15) is 13.2 Å². The fourth-order valence-electron chi connectivity index (χ4n) is 2.70. The molecule has 3 rings (SSSR count). The van der Waals surface area contributed by atoms with Crippen molar-refractivity contribution < 1.29 is 32.2 Å². The van der Waals surface area contributed by atoms with Crippen molar-refractivity contribution in [3.63, 3.8) is 0 Å². The Bertz CT molecular complexity index is 1030. The number of rotatable bonds is 3. The fraction of sp³-hybridized carbons (Fsp3) is 0.167. The normalized spacial score (nSPS) is 14.4. The molecule has 1 aliphatic rings. The Morgan fingerprint density at radius 3 is 2.46 bits per heavy atom. The largest absolute Gasteiger partial charge is 0.465 e. The number of para-hydroxylation sites is 1. The zero-order valence-corrected chi connectivity index (χ0v) is 14.7. The molecular weight excluding hydrogens is 379 g/mol. The van der Waals surface area contributed by atoms with E-state index in [-0.39, 0.29) is 28.0 Å². The Balaban J connectivity index is 2.27. The van der Waals surface area contributed by atoms with E-state index in [9.17, 15) is 22.8 Å². The average Bonchev–Trinajstić information content (AvgIpc) is 3.00. The number of aromatic nitrogens is 2. The van der Waals surface area contributed by atoms with Crippen molar-refractivity contribution in [1.82, 2.24) is 9.97 Å². The summed E-state index contributed by atoms with van der Waals surface area (Å²) in [4.78, 5) is 31.7. The van der Waals surface area contributed by atoms with E-state index < -0.39 is 23.9 Å². The number of hydrogen-bond acceptors (Lipinski definition) is 6. The van der Waals surface area contributed by atoms with Crippen LogP contribution < -0.4 is 4.90 Å². The van der Waals surface area contributed by atoms with Crippen LogP contribution in [-0.4, -0.2) is 36.1 Å². The summed E-state index contributed by atoms with van der Waals surface area (Å²) in [5.41, 5.74) is -0.122. The number of benzene rings is 1. The van der Waals surface area contributed by atoms with Crippen molar-refractivity contribution in [1.29, 1.82) is 0 Å². The molecule has 1 aromatic carbocycles. The second kappa shape index (κ2) is 7.22. The number of nitrogens with one attached hydrogen (secondary N) is 1. The molecule has 7 nitrogen and oxygen atoms in total. The number of fused-ring (bicyclic) bond motifs is 1. The molecule has 28 heavy (non-hydrogen) atoms. The van der Waals surface area contributed by atoms with Gasteiger partial charge in [0.1, 0.15) is 11.2 Å². The third-order valence-corrected chi connectivity index (χ3v) is 3.91. The van der Waals surface area contributed by atoms with Gasteiger partial charge in [0, 0.05) is 6.20 Å². The quantitative estimate of drug-likeness (QED) is 0.807. The molecule has 0 atom stereocenters. The Morgan fingerprint density at radius 2 is 1.82 bits per heavy atom. The van der Waals surface area contributed by atoms with Gasteiger partial charge >= 0.3 is 18.1 Å². The Morgan fingerprint density at radius 1 is 1.11 bits per heavy atom. The van der Waals surface area contributed by atoms with Crippen LogP contribution in [0.25, 0.3) is 11.0 Å². The van der Waals surface area contributed by atoms with Crippen LogP contribution in [0, 0.1) is 0 Å². The smallest absolute Gasteiger partial charge is 0.449 e. The summed E-state index contributed by atoms with van der Waals surface area (Å²) in [5.74, 6) is -2.86. The lowest BCUT2D eigenvalue weighted by molar-refractivity contribution is -0.144. The zero-order valence-electron chi connectivity index (χ0n) is 14.7. The van der Waals surface area contributed by atoms with Crippen molar-refractivity contribution in [2.75, 3.05) is 19.1 Å². The third kappa shape index (κ3) is 3.36. The summed E-state index contributed by atoms with van der Waals surface area (Å²) in [6.45, 7) is 0. The lowest BCUT2D eigenvalue weighted by Gasteiger charge is -2.23.